The van der Waals surface area contributed by atoms with Crippen molar-refractivity contribution in [1.82, 2.24) is 15.1 Å². The SMILES string of the molecule is CS(=O)(=O)Nc1ccc(-c2nnc(SCC(=O)N3CCc4ccccc4C3)o2)cc1. The molecule has 2 heterocycles. The number of sulfonamides is 1. The van der Waals surface area contributed by atoms with Crippen molar-refractivity contribution in [2.45, 2.75) is 18.2 Å². The molecule has 8 nitrogen and oxygen atoms in total. The maximum atomic E-state index is 12.6. The zero-order valence-electron chi connectivity index (χ0n) is 16.2. The summed E-state index contributed by atoms with van der Waals surface area (Å²) in [6.07, 6.45) is 1.95. The highest BCUT2D eigenvalue weighted by molar-refractivity contribution is 7.99. The molecule has 0 atom stereocenters. The molecule has 2 aromatic carbocycles. The average Bonchev–Trinajstić information content (AvgIpc) is 3.20. The third-order valence-electron chi connectivity index (χ3n) is 4.64. The van der Waals surface area contributed by atoms with Crippen LogP contribution in [0.4, 0.5) is 5.69 Å². The van der Waals surface area contributed by atoms with Gasteiger partial charge in [-0.1, -0.05) is 36.0 Å². The molecule has 1 aliphatic rings. The van der Waals surface area contributed by atoms with Crippen LogP contribution in [0.15, 0.2) is 58.2 Å². The lowest BCUT2D eigenvalue weighted by Crippen LogP contribution is -2.37. The predicted molar refractivity (Wildman–Crippen MR) is 114 cm³/mol. The molecule has 0 bridgehead atoms. The lowest BCUT2D eigenvalue weighted by Gasteiger charge is -2.28. The number of fused-ring (bicyclic) bond motifs is 1. The number of hydrogen-bond acceptors (Lipinski definition) is 7. The van der Waals surface area contributed by atoms with Gasteiger partial charge in [0.25, 0.3) is 5.22 Å². The van der Waals surface area contributed by atoms with E-state index in [1.165, 1.54) is 22.9 Å². The first-order valence-electron chi connectivity index (χ1n) is 9.26. The average molecular weight is 445 g/mol. The summed E-state index contributed by atoms with van der Waals surface area (Å²) in [6, 6.07) is 14.8. The number of aromatic nitrogens is 2. The Labute approximate surface area is 178 Å². The Morgan fingerprint density at radius 2 is 1.87 bits per heavy atom. The highest BCUT2D eigenvalue weighted by Crippen LogP contribution is 2.25. The molecule has 156 valence electrons. The largest absolute Gasteiger partial charge is 0.411 e. The van der Waals surface area contributed by atoms with Crippen molar-refractivity contribution in [3.05, 3.63) is 59.7 Å². The minimum absolute atomic E-state index is 0.0328. The third kappa shape index (κ3) is 5.00. The topological polar surface area (TPSA) is 105 Å². The number of amides is 1. The second-order valence-corrected chi connectivity index (χ2v) is 9.62. The molecule has 0 fully saturated rings. The van der Waals surface area contributed by atoms with Crippen LogP contribution in [0.2, 0.25) is 0 Å². The standard InChI is InChI=1S/C20H20N4O4S2/c1-30(26,27)23-17-8-6-15(7-9-17)19-21-22-20(28-19)29-13-18(25)24-11-10-14-4-2-3-5-16(14)12-24/h2-9,23H,10-13H2,1H3. The minimum Gasteiger partial charge on any atom is -0.411 e. The molecule has 1 aromatic heterocycles. The number of carbonyl (C=O) groups is 1. The van der Waals surface area contributed by atoms with E-state index in [9.17, 15) is 13.2 Å². The molecule has 0 radical (unpaired) electrons. The van der Waals surface area contributed by atoms with E-state index in [1.807, 2.05) is 17.0 Å². The van der Waals surface area contributed by atoms with Crippen molar-refractivity contribution >= 4 is 33.4 Å². The summed E-state index contributed by atoms with van der Waals surface area (Å²) in [6.45, 7) is 1.33. The van der Waals surface area contributed by atoms with Gasteiger partial charge in [-0.3, -0.25) is 9.52 Å². The Morgan fingerprint density at radius 3 is 2.60 bits per heavy atom. The van der Waals surface area contributed by atoms with Crippen LogP contribution in [0.3, 0.4) is 0 Å². The second kappa shape index (κ2) is 8.49. The van der Waals surface area contributed by atoms with Crippen molar-refractivity contribution in [1.29, 1.82) is 0 Å². The molecule has 30 heavy (non-hydrogen) atoms. The molecule has 1 aliphatic heterocycles. The van der Waals surface area contributed by atoms with Crippen molar-refractivity contribution in [2.24, 2.45) is 0 Å². The lowest BCUT2D eigenvalue weighted by molar-refractivity contribution is -0.129. The molecule has 0 saturated carbocycles. The summed E-state index contributed by atoms with van der Waals surface area (Å²) >= 11 is 1.21. The maximum absolute atomic E-state index is 12.6. The Bertz CT molecular complexity index is 1160. The van der Waals surface area contributed by atoms with Crippen LogP contribution >= 0.6 is 11.8 Å². The number of anilines is 1. The van der Waals surface area contributed by atoms with Crippen LogP contribution in [0.5, 0.6) is 0 Å². The number of carbonyl (C=O) groups excluding carboxylic acids is 1. The lowest BCUT2D eigenvalue weighted by atomic mass is 10.00. The number of thioether (sulfide) groups is 1. The van der Waals surface area contributed by atoms with Crippen LogP contribution < -0.4 is 4.72 Å². The van der Waals surface area contributed by atoms with Crippen molar-refractivity contribution in [3.8, 4) is 11.5 Å². The van der Waals surface area contributed by atoms with Gasteiger partial charge in [0.2, 0.25) is 21.8 Å². The van der Waals surface area contributed by atoms with Gasteiger partial charge in [-0.15, -0.1) is 10.2 Å². The summed E-state index contributed by atoms with van der Waals surface area (Å²) in [4.78, 5) is 14.4. The highest BCUT2D eigenvalue weighted by Gasteiger charge is 2.21. The smallest absolute Gasteiger partial charge is 0.277 e. The summed E-state index contributed by atoms with van der Waals surface area (Å²) in [7, 11) is -3.33. The first-order valence-corrected chi connectivity index (χ1v) is 12.1. The van der Waals surface area contributed by atoms with Crippen LogP contribution in [0.25, 0.3) is 11.5 Å². The number of benzene rings is 2. The van der Waals surface area contributed by atoms with Gasteiger partial charge < -0.3 is 9.32 Å². The molecule has 0 saturated heterocycles. The molecule has 0 spiro atoms. The van der Waals surface area contributed by atoms with E-state index in [-0.39, 0.29) is 11.7 Å². The Balaban J connectivity index is 1.34. The molecular formula is C20H20N4O4S2. The van der Waals surface area contributed by atoms with Crippen LogP contribution in [0, 0.1) is 0 Å². The van der Waals surface area contributed by atoms with Gasteiger partial charge in [-0.05, 0) is 41.8 Å². The Hall–Kier alpha value is -2.85. The number of nitrogens with zero attached hydrogens (tertiary/aromatic N) is 3. The summed E-state index contributed by atoms with van der Waals surface area (Å²) in [5.74, 6) is 0.564. The Morgan fingerprint density at radius 1 is 1.13 bits per heavy atom. The third-order valence-corrected chi connectivity index (χ3v) is 6.05. The molecular weight excluding hydrogens is 424 g/mol. The van der Waals surface area contributed by atoms with E-state index < -0.39 is 10.0 Å². The zero-order chi connectivity index (χ0) is 21.1. The molecule has 1 amide bonds. The van der Waals surface area contributed by atoms with Gasteiger partial charge in [0.1, 0.15) is 0 Å². The van der Waals surface area contributed by atoms with Crippen LogP contribution in [-0.2, 0) is 27.8 Å². The van der Waals surface area contributed by atoms with E-state index in [0.717, 1.165) is 12.7 Å². The number of rotatable bonds is 6. The summed E-state index contributed by atoms with van der Waals surface area (Å²) in [5, 5.41) is 8.32. The van der Waals surface area contributed by atoms with Gasteiger partial charge >= 0.3 is 0 Å². The number of hydrogen-bond donors (Lipinski definition) is 1. The van der Waals surface area contributed by atoms with Crippen LogP contribution in [0.1, 0.15) is 11.1 Å². The van der Waals surface area contributed by atoms with E-state index >= 15 is 0 Å². The first-order chi connectivity index (χ1) is 14.4. The molecule has 0 unspecified atom stereocenters. The highest BCUT2D eigenvalue weighted by atomic mass is 32.2. The molecule has 3 aromatic rings. The fourth-order valence-electron chi connectivity index (χ4n) is 3.20. The van der Waals surface area contributed by atoms with Gasteiger partial charge in [0, 0.05) is 24.3 Å². The number of nitrogens with one attached hydrogen (secondary N) is 1. The predicted octanol–water partition coefficient (Wildman–Crippen LogP) is 2.79. The van der Waals surface area contributed by atoms with E-state index in [1.54, 1.807) is 24.3 Å². The van der Waals surface area contributed by atoms with E-state index in [0.29, 0.717) is 35.5 Å². The summed E-state index contributed by atoms with van der Waals surface area (Å²) in [5.41, 5.74) is 3.60. The fraction of sp³-hybridized carbons (Fsp3) is 0.250. The minimum atomic E-state index is -3.33. The molecule has 1 N–H and O–H groups in total. The van der Waals surface area contributed by atoms with Crippen LogP contribution in [-0.4, -0.2) is 48.0 Å². The Kier molecular flexibility index (Phi) is 5.78. The second-order valence-electron chi connectivity index (χ2n) is 6.95. The van der Waals surface area contributed by atoms with Gasteiger partial charge in [-0.25, -0.2) is 8.42 Å². The normalized spacial score (nSPS) is 13.7. The van der Waals surface area contributed by atoms with Crippen molar-refractivity contribution in [2.75, 3.05) is 23.3 Å². The van der Waals surface area contributed by atoms with Crippen molar-refractivity contribution < 1.29 is 17.6 Å². The van der Waals surface area contributed by atoms with Gasteiger partial charge in [-0.2, -0.15) is 0 Å². The zero-order valence-corrected chi connectivity index (χ0v) is 17.9. The maximum Gasteiger partial charge on any atom is 0.277 e. The monoisotopic (exact) mass is 444 g/mol. The summed E-state index contributed by atoms with van der Waals surface area (Å²) < 4.78 is 30.6. The fourth-order valence-corrected chi connectivity index (χ4v) is 4.43. The van der Waals surface area contributed by atoms with E-state index in [4.69, 9.17) is 4.42 Å². The molecule has 10 heteroatoms. The first kappa shape index (κ1) is 20.4. The van der Waals surface area contributed by atoms with E-state index in [2.05, 4.69) is 27.1 Å². The van der Waals surface area contributed by atoms with Crippen molar-refractivity contribution in [3.63, 3.8) is 0 Å². The molecule has 4 rings (SSSR count). The van der Waals surface area contributed by atoms with Gasteiger partial charge in [0.15, 0.2) is 0 Å². The quantitative estimate of drug-likeness (QED) is 0.583. The van der Waals surface area contributed by atoms with Gasteiger partial charge in [0.05, 0.1) is 12.0 Å². The molecule has 0 aliphatic carbocycles.